The first-order chi connectivity index (χ1) is 11.3. The van der Waals surface area contributed by atoms with Gasteiger partial charge in [0.25, 0.3) is 0 Å². The minimum atomic E-state index is -4.91. The number of alkyl halides is 5. The molecule has 24 heavy (non-hydrogen) atoms. The number of H-pyrrole nitrogens is 1. The average Bonchev–Trinajstić information content (AvgIpc) is 3.01. The van der Waals surface area contributed by atoms with Crippen LogP contribution in [0.25, 0.3) is 5.57 Å². The predicted octanol–water partition coefficient (Wildman–Crippen LogP) is 2.80. The predicted molar refractivity (Wildman–Crippen MR) is 69.5 cm³/mol. The molecule has 0 bridgehead atoms. The van der Waals surface area contributed by atoms with Gasteiger partial charge in [0, 0.05) is 11.9 Å². The maximum Gasteiger partial charge on any atom is 0.420 e. The van der Waals surface area contributed by atoms with Crippen molar-refractivity contribution in [2.45, 2.75) is 12.8 Å². The maximum absolute atomic E-state index is 12.9. The summed E-state index contributed by atoms with van der Waals surface area (Å²) in [6, 6.07) is 4.11. The molecule has 0 fully saturated rings. The lowest BCUT2D eigenvalue weighted by molar-refractivity contribution is -0.141. The third-order valence-electron chi connectivity index (χ3n) is 2.59. The van der Waals surface area contributed by atoms with E-state index in [0.717, 1.165) is 18.3 Å². The van der Waals surface area contributed by atoms with Gasteiger partial charge in [-0.15, -0.1) is 10.2 Å². The Kier molecular flexibility index (Phi) is 4.93. The van der Waals surface area contributed by atoms with Crippen molar-refractivity contribution in [1.82, 2.24) is 20.6 Å². The van der Waals surface area contributed by atoms with Crippen LogP contribution in [-0.2, 0) is 6.18 Å². The summed E-state index contributed by atoms with van der Waals surface area (Å²) in [4.78, 5) is 0. The zero-order valence-corrected chi connectivity index (χ0v) is 11.5. The summed E-state index contributed by atoms with van der Waals surface area (Å²) in [6.45, 7) is -3.40. The van der Waals surface area contributed by atoms with Gasteiger partial charge in [0.1, 0.15) is 17.4 Å². The zero-order valence-electron chi connectivity index (χ0n) is 11.5. The van der Waals surface area contributed by atoms with Crippen LogP contribution in [0.15, 0.2) is 24.4 Å². The molecule has 2 aromatic rings. The number of halogens is 5. The van der Waals surface area contributed by atoms with E-state index in [-0.39, 0.29) is 17.1 Å². The summed E-state index contributed by atoms with van der Waals surface area (Å²) in [7, 11) is 0. The molecule has 0 amide bonds. The molecule has 2 rings (SSSR count). The molecule has 0 spiro atoms. The van der Waals surface area contributed by atoms with E-state index in [1.54, 1.807) is 6.07 Å². The Morgan fingerprint density at radius 2 is 2.12 bits per heavy atom. The van der Waals surface area contributed by atoms with Crippen molar-refractivity contribution in [2.75, 3.05) is 5.32 Å². The highest BCUT2D eigenvalue weighted by Crippen LogP contribution is 2.38. The van der Waals surface area contributed by atoms with Crippen molar-refractivity contribution in [3.63, 3.8) is 0 Å². The van der Waals surface area contributed by atoms with Crippen LogP contribution in [0, 0.1) is 11.3 Å². The van der Waals surface area contributed by atoms with Crippen molar-refractivity contribution >= 4 is 11.3 Å². The summed E-state index contributed by atoms with van der Waals surface area (Å²) >= 11 is 0. The van der Waals surface area contributed by atoms with E-state index in [4.69, 9.17) is 5.26 Å². The SMILES string of the molecule is N#CC(=CNc1ccc(OC(F)F)c(C(F)(F)F)c1)c1nn[nH]n1. The minimum Gasteiger partial charge on any atom is -0.434 e. The van der Waals surface area contributed by atoms with Gasteiger partial charge in [-0.1, -0.05) is 0 Å². The molecule has 0 aliphatic heterocycles. The first-order valence-corrected chi connectivity index (χ1v) is 6.08. The number of nitrogens with zero attached hydrogens (tertiary/aromatic N) is 4. The van der Waals surface area contributed by atoms with Gasteiger partial charge in [-0.25, -0.2) is 0 Å². The second-order valence-corrected chi connectivity index (χ2v) is 4.14. The number of allylic oxidation sites excluding steroid dienone is 1. The number of benzene rings is 1. The molecule has 1 aromatic heterocycles. The van der Waals surface area contributed by atoms with E-state index >= 15 is 0 Å². The quantitative estimate of drug-likeness (QED) is 0.638. The van der Waals surface area contributed by atoms with Crippen LogP contribution < -0.4 is 10.1 Å². The maximum atomic E-state index is 12.9. The fraction of sp³-hybridized carbons (Fsp3) is 0.167. The van der Waals surface area contributed by atoms with Gasteiger partial charge < -0.3 is 10.1 Å². The Morgan fingerprint density at radius 3 is 2.67 bits per heavy atom. The van der Waals surface area contributed by atoms with E-state index in [1.807, 2.05) is 0 Å². The number of aromatic amines is 1. The van der Waals surface area contributed by atoms with Crippen molar-refractivity contribution in [3.8, 4) is 11.8 Å². The van der Waals surface area contributed by atoms with Gasteiger partial charge in [-0.2, -0.15) is 32.4 Å². The summed E-state index contributed by atoms with van der Waals surface area (Å²) in [5.74, 6) is -1.08. The Bertz CT molecular complexity index is 765. The van der Waals surface area contributed by atoms with Crippen molar-refractivity contribution in [1.29, 1.82) is 5.26 Å². The van der Waals surface area contributed by atoms with Crippen molar-refractivity contribution in [3.05, 3.63) is 35.8 Å². The van der Waals surface area contributed by atoms with Gasteiger partial charge in [-0.3, -0.25) is 0 Å². The normalized spacial score (nSPS) is 12.1. The number of hydrogen-bond acceptors (Lipinski definition) is 6. The van der Waals surface area contributed by atoms with E-state index < -0.39 is 24.1 Å². The third kappa shape index (κ3) is 4.15. The lowest BCUT2D eigenvalue weighted by Crippen LogP contribution is -2.12. The van der Waals surface area contributed by atoms with E-state index in [0.29, 0.717) is 6.07 Å². The van der Waals surface area contributed by atoms with Crippen LogP contribution in [0.2, 0.25) is 0 Å². The molecule has 2 N–H and O–H groups in total. The minimum absolute atomic E-state index is 0.0706. The molecule has 12 heteroatoms. The molecule has 1 aromatic carbocycles. The highest BCUT2D eigenvalue weighted by atomic mass is 19.4. The van der Waals surface area contributed by atoms with Gasteiger partial charge in [0.05, 0.1) is 5.56 Å². The first kappa shape index (κ1) is 17.1. The summed E-state index contributed by atoms with van der Waals surface area (Å²) in [5.41, 5.74) is -1.61. The third-order valence-corrected chi connectivity index (χ3v) is 2.59. The number of tetrazole rings is 1. The zero-order chi connectivity index (χ0) is 17.7. The molecule has 0 saturated heterocycles. The number of rotatable bonds is 5. The van der Waals surface area contributed by atoms with Crippen LogP contribution in [-0.4, -0.2) is 27.2 Å². The molecule has 0 radical (unpaired) electrons. The lowest BCUT2D eigenvalue weighted by atomic mass is 10.1. The molecule has 1 heterocycles. The second-order valence-electron chi connectivity index (χ2n) is 4.14. The molecule has 0 unspecified atom stereocenters. The summed E-state index contributed by atoms with van der Waals surface area (Å²) in [5, 5.41) is 23.8. The van der Waals surface area contributed by atoms with Gasteiger partial charge in [0.15, 0.2) is 0 Å². The van der Waals surface area contributed by atoms with Gasteiger partial charge >= 0.3 is 12.8 Å². The van der Waals surface area contributed by atoms with Crippen LogP contribution in [0.3, 0.4) is 0 Å². The van der Waals surface area contributed by atoms with Crippen LogP contribution in [0.5, 0.6) is 5.75 Å². The molecule has 0 aliphatic carbocycles. The van der Waals surface area contributed by atoms with E-state index in [2.05, 4.69) is 30.7 Å². The highest BCUT2D eigenvalue weighted by molar-refractivity contribution is 5.74. The average molecular weight is 346 g/mol. The van der Waals surface area contributed by atoms with E-state index in [1.165, 1.54) is 0 Å². The van der Waals surface area contributed by atoms with Gasteiger partial charge in [0.2, 0.25) is 5.82 Å². The topological polar surface area (TPSA) is 99.5 Å². The number of anilines is 1. The standard InChI is InChI=1S/C12H7F5N6O/c13-11(14)24-9-2-1-7(3-8(9)12(15,16)17)19-5-6(4-18)10-20-22-23-21-10/h1-3,5,11,19H,(H,20,21,22,23). The second kappa shape index (κ2) is 6.90. The fourth-order valence-corrected chi connectivity index (χ4v) is 1.62. The molecule has 0 atom stereocenters. The molecular weight excluding hydrogens is 339 g/mol. The number of hydrogen-bond donors (Lipinski definition) is 2. The summed E-state index contributed by atoms with van der Waals surface area (Å²) in [6.07, 6.45) is -3.86. The van der Waals surface area contributed by atoms with E-state index in [9.17, 15) is 22.0 Å². The van der Waals surface area contributed by atoms with Crippen LogP contribution in [0.4, 0.5) is 27.6 Å². The van der Waals surface area contributed by atoms with Crippen molar-refractivity contribution < 1.29 is 26.7 Å². The first-order valence-electron chi connectivity index (χ1n) is 6.08. The Balaban J connectivity index is 2.30. The largest absolute Gasteiger partial charge is 0.434 e. The monoisotopic (exact) mass is 346 g/mol. The van der Waals surface area contributed by atoms with Crippen LogP contribution in [0.1, 0.15) is 11.4 Å². The van der Waals surface area contributed by atoms with Crippen LogP contribution >= 0.6 is 0 Å². The molecule has 0 saturated carbocycles. The fourth-order valence-electron chi connectivity index (χ4n) is 1.62. The molecule has 0 aliphatic rings. The molecular formula is C12H7F5N6O. The number of nitriles is 1. The number of nitrogens with one attached hydrogen (secondary N) is 2. The number of aromatic nitrogens is 4. The smallest absolute Gasteiger partial charge is 0.420 e. The molecule has 7 nitrogen and oxygen atoms in total. The Morgan fingerprint density at radius 1 is 1.38 bits per heavy atom. The van der Waals surface area contributed by atoms with Gasteiger partial charge in [-0.05, 0) is 23.4 Å². The summed E-state index contributed by atoms with van der Waals surface area (Å²) < 4.78 is 66.9. The number of ether oxygens (including phenoxy) is 1. The molecule has 126 valence electrons. The van der Waals surface area contributed by atoms with Crippen molar-refractivity contribution in [2.24, 2.45) is 0 Å². The highest BCUT2D eigenvalue weighted by Gasteiger charge is 2.35. The Hall–Kier alpha value is -3.23. The Labute approximate surface area is 130 Å². The lowest BCUT2D eigenvalue weighted by Gasteiger charge is -2.14.